The van der Waals surface area contributed by atoms with Gasteiger partial charge in [0.05, 0.1) is 11.8 Å². The molecule has 0 bridgehead atoms. The number of hydrogen-bond acceptors (Lipinski definition) is 3. The van der Waals surface area contributed by atoms with Gasteiger partial charge < -0.3 is 10.0 Å². The molecule has 0 spiro atoms. The molecule has 17 heavy (non-hydrogen) atoms. The van der Waals surface area contributed by atoms with Crippen LogP contribution in [0.2, 0.25) is 0 Å². The van der Waals surface area contributed by atoms with Crippen LogP contribution in [0, 0.1) is 5.92 Å². The Bertz CT molecular complexity index is 439. The molecule has 0 unspecified atom stereocenters. The molecule has 4 nitrogen and oxygen atoms in total. The van der Waals surface area contributed by atoms with Crippen LogP contribution in [0.3, 0.4) is 0 Å². The molecule has 1 heterocycles. The Labute approximate surface area is 100 Å². The molecule has 0 atom stereocenters. The maximum absolute atomic E-state index is 12.3. The zero-order valence-electron chi connectivity index (χ0n) is 9.67. The van der Waals surface area contributed by atoms with Crippen molar-refractivity contribution in [1.82, 2.24) is 9.88 Å². The zero-order chi connectivity index (χ0) is 11.8. The minimum Gasteiger partial charge on any atom is -0.506 e. The molecular formula is C13H16N2O2. The normalized spacial score (nSPS) is 19.1. The van der Waals surface area contributed by atoms with Gasteiger partial charge in [0.25, 0.3) is 5.91 Å². The van der Waals surface area contributed by atoms with Gasteiger partial charge in [0.1, 0.15) is 5.75 Å². The second-order valence-electron chi connectivity index (χ2n) is 5.06. The quantitative estimate of drug-likeness (QED) is 0.861. The molecule has 2 aliphatic rings. The third kappa shape index (κ3) is 2.40. The van der Waals surface area contributed by atoms with Gasteiger partial charge in [0.2, 0.25) is 0 Å². The number of pyridine rings is 1. The highest BCUT2D eigenvalue weighted by Crippen LogP contribution is 2.35. The van der Waals surface area contributed by atoms with Crippen LogP contribution >= 0.6 is 0 Å². The summed E-state index contributed by atoms with van der Waals surface area (Å²) in [5, 5.41) is 9.36. The van der Waals surface area contributed by atoms with Gasteiger partial charge in [-0.2, -0.15) is 0 Å². The van der Waals surface area contributed by atoms with E-state index in [0.717, 1.165) is 19.4 Å². The Morgan fingerprint density at radius 3 is 2.71 bits per heavy atom. The molecule has 0 aliphatic heterocycles. The fourth-order valence-corrected chi connectivity index (χ4v) is 2.07. The molecule has 2 fully saturated rings. The Morgan fingerprint density at radius 1 is 1.35 bits per heavy atom. The number of carbonyl (C=O) groups is 1. The second-order valence-corrected chi connectivity index (χ2v) is 5.06. The fraction of sp³-hybridized carbons (Fsp3) is 0.538. The Kier molecular flexibility index (Phi) is 2.50. The monoisotopic (exact) mass is 232 g/mol. The highest BCUT2D eigenvalue weighted by Gasteiger charge is 2.36. The number of carbonyl (C=O) groups excluding carboxylic acids is 1. The van der Waals surface area contributed by atoms with Crippen molar-refractivity contribution in [3.63, 3.8) is 0 Å². The molecule has 0 saturated heterocycles. The molecular weight excluding hydrogens is 216 g/mol. The van der Waals surface area contributed by atoms with E-state index in [0.29, 0.717) is 17.5 Å². The first-order valence-corrected chi connectivity index (χ1v) is 6.19. The summed E-state index contributed by atoms with van der Waals surface area (Å²) in [6.07, 6.45) is 7.60. The van der Waals surface area contributed by atoms with Crippen LogP contribution in [-0.4, -0.2) is 33.5 Å². The number of rotatable bonds is 4. The average Bonchev–Trinajstić information content (AvgIpc) is 3.16. The molecule has 1 aromatic heterocycles. The van der Waals surface area contributed by atoms with Crippen molar-refractivity contribution in [1.29, 1.82) is 0 Å². The summed E-state index contributed by atoms with van der Waals surface area (Å²) in [5.74, 6) is 0.769. The smallest absolute Gasteiger partial charge is 0.255 e. The first-order valence-electron chi connectivity index (χ1n) is 6.19. The van der Waals surface area contributed by atoms with Gasteiger partial charge in [0.15, 0.2) is 0 Å². The van der Waals surface area contributed by atoms with E-state index in [1.165, 1.54) is 31.3 Å². The predicted molar refractivity (Wildman–Crippen MR) is 62.7 cm³/mol. The molecule has 2 saturated carbocycles. The van der Waals surface area contributed by atoms with Gasteiger partial charge >= 0.3 is 0 Å². The lowest BCUT2D eigenvalue weighted by molar-refractivity contribution is 0.0734. The Balaban J connectivity index is 1.77. The highest BCUT2D eigenvalue weighted by molar-refractivity contribution is 5.94. The minimum absolute atomic E-state index is 0.0165. The number of aromatic hydroxyl groups is 1. The van der Waals surface area contributed by atoms with Crippen LogP contribution in [0.1, 0.15) is 36.0 Å². The van der Waals surface area contributed by atoms with Crippen molar-refractivity contribution in [3.05, 3.63) is 24.0 Å². The van der Waals surface area contributed by atoms with E-state index in [2.05, 4.69) is 4.98 Å². The second kappa shape index (κ2) is 4.02. The van der Waals surface area contributed by atoms with E-state index in [1.807, 2.05) is 4.90 Å². The summed E-state index contributed by atoms with van der Waals surface area (Å²) in [5.41, 5.74) is 0.498. The summed E-state index contributed by atoms with van der Waals surface area (Å²) < 4.78 is 0. The van der Waals surface area contributed by atoms with Crippen molar-refractivity contribution >= 4 is 5.91 Å². The van der Waals surface area contributed by atoms with Gasteiger partial charge in [-0.25, -0.2) is 0 Å². The van der Waals surface area contributed by atoms with E-state index in [4.69, 9.17) is 0 Å². The highest BCUT2D eigenvalue weighted by atomic mass is 16.3. The molecule has 1 aromatic rings. The van der Waals surface area contributed by atoms with E-state index in [9.17, 15) is 9.90 Å². The standard InChI is InChI=1S/C13H16N2O2/c16-12-5-10(6-14-7-12)13(17)15(11-3-4-11)8-9-1-2-9/h5-7,9,11,16H,1-4,8H2. The largest absolute Gasteiger partial charge is 0.506 e. The first-order chi connectivity index (χ1) is 8.24. The summed E-state index contributed by atoms with van der Waals surface area (Å²) in [4.78, 5) is 18.1. The number of nitrogens with zero attached hydrogens (tertiary/aromatic N) is 2. The summed E-state index contributed by atoms with van der Waals surface area (Å²) in [6.45, 7) is 0.874. The summed E-state index contributed by atoms with van der Waals surface area (Å²) >= 11 is 0. The van der Waals surface area contributed by atoms with Crippen molar-refractivity contribution in [2.24, 2.45) is 5.92 Å². The third-order valence-electron chi connectivity index (χ3n) is 3.37. The van der Waals surface area contributed by atoms with Crippen molar-refractivity contribution < 1.29 is 9.90 Å². The maximum atomic E-state index is 12.3. The number of hydrogen-bond donors (Lipinski definition) is 1. The predicted octanol–water partition coefficient (Wildman–Crippen LogP) is 1.80. The minimum atomic E-state index is 0.0165. The van der Waals surface area contributed by atoms with Crippen LogP contribution in [0.4, 0.5) is 0 Å². The lowest BCUT2D eigenvalue weighted by atomic mass is 10.2. The molecule has 4 heteroatoms. The molecule has 90 valence electrons. The average molecular weight is 232 g/mol. The summed E-state index contributed by atoms with van der Waals surface area (Å²) in [7, 11) is 0. The van der Waals surface area contributed by atoms with Crippen LogP contribution in [-0.2, 0) is 0 Å². The molecule has 1 N–H and O–H groups in total. The van der Waals surface area contributed by atoms with Gasteiger partial charge in [-0.05, 0) is 37.7 Å². The van der Waals surface area contributed by atoms with Crippen LogP contribution < -0.4 is 0 Å². The number of aromatic nitrogens is 1. The zero-order valence-corrected chi connectivity index (χ0v) is 9.67. The molecule has 2 aliphatic carbocycles. The van der Waals surface area contributed by atoms with Gasteiger partial charge in [-0.15, -0.1) is 0 Å². The van der Waals surface area contributed by atoms with Crippen molar-refractivity contribution in [2.75, 3.05) is 6.54 Å². The van der Waals surface area contributed by atoms with E-state index < -0.39 is 0 Å². The van der Waals surface area contributed by atoms with Crippen molar-refractivity contribution in [2.45, 2.75) is 31.7 Å². The van der Waals surface area contributed by atoms with Gasteiger partial charge in [-0.3, -0.25) is 9.78 Å². The Hall–Kier alpha value is -1.58. The van der Waals surface area contributed by atoms with E-state index >= 15 is 0 Å². The molecule has 3 rings (SSSR count). The third-order valence-corrected chi connectivity index (χ3v) is 3.37. The fourth-order valence-electron chi connectivity index (χ4n) is 2.07. The molecule has 0 aromatic carbocycles. The SMILES string of the molecule is O=C(c1cncc(O)c1)N(CC1CC1)C1CC1. The number of amides is 1. The van der Waals surface area contributed by atoms with E-state index in [1.54, 1.807) is 0 Å². The lowest BCUT2D eigenvalue weighted by Gasteiger charge is -2.22. The summed E-state index contributed by atoms with van der Waals surface area (Å²) in [6, 6.07) is 1.92. The van der Waals surface area contributed by atoms with E-state index in [-0.39, 0.29) is 11.7 Å². The maximum Gasteiger partial charge on any atom is 0.255 e. The molecule has 1 amide bonds. The van der Waals surface area contributed by atoms with Gasteiger partial charge in [0, 0.05) is 18.8 Å². The van der Waals surface area contributed by atoms with Crippen molar-refractivity contribution in [3.8, 4) is 5.75 Å². The van der Waals surface area contributed by atoms with Crippen LogP contribution in [0.5, 0.6) is 5.75 Å². The van der Waals surface area contributed by atoms with Crippen LogP contribution in [0.15, 0.2) is 18.5 Å². The topological polar surface area (TPSA) is 53.4 Å². The first kappa shape index (κ1) is 10.6. The van der Waals surface area contributed by atoms with Crippen LogP contribution in [0.25, 0.3) is 0 Å². The van der Waals surface area contributed by atoms with Gasteiger partial charge in [-0.1, -0.05) is 0 Å². The molecule has 0 radical (unpaired) electrons. The lowest BCUT2D eigenvalue weighted by Crippen LogP contribution is -2.34. The Morgan fingerprint density at radius 2 is 2.12 bits per heavy atom.